The van der Waals surface area contributed by atoms with E-state index in [4.69, 9.17) is 4.74 Å². The highest BCUT2D eigenvalue weighted by atomic mass is 16.5. The number of ether oxygens (including phenoxy) is 1. The van der Waals surface area contributed by atoms with Crippen molar-refractivity contribution in [2.24, 2.45) is 0 Å². The van der Waals surface area contributed by atoms with Crippen LogP contribution in [0.25, 0.3) is 10.9 Å². The lowest BCUT2D eigenvalue weighted by Gasteiger charge is -2.27. The number of nitrogens with zero attached hydrogens (tertiary/aromatic N) is 2. The molecule has 1 aromatic heterocycles. The molecule has 1 saturated heterocycles. The lowest BCUT2D eigenvalue weighted by Crippen LogP contribution is -2.46. The minimum Gasteiger partial charge on any atom is -0.376 e. The van der Waals surface area contributed by atoms with E-state index in [0.29, 0.717) is 19.6 Å². The topological polar surface area (TPSA) is 60.6 Å². The third-order valence-corrected chi connectivity index (χ3v) is 4.67. The van der Waals surface area contributed by atoms with Crippen LogP contribution in [0.1, 0.15) is 18.4 Å². The molecule has 2 heterocycles. The number of aromatic amines is 1. The van der Waals surface area contributed by atoms with Crippen molar-refractivity contribution in [1.29, 1.82) is 0 Å². The van der Waals surface area contributed by atoms with Gasteiger partial charge in [-0.15, -0.1) is 0 Å². The minimum absolute atomic E-state index is 0.0233. The van der Waals surface area contributed by atoms with Gasteiger partial charge < -0.3 is 24.8 Å². The second-order valence-corrected chi connectivity index (χ2v) is 6.90. The van der Waals surface area contributed by atoms with Crippen LogP contribution in [0.5, 0.6) is 0 Å². The Morgan fingerprint density at radius 3 is 2.96 bits per heavy atom. The zero-order chi connectivity index (χ0) is 17.6. The molecule has 25 heavy (non-hydrogen) atoms. The van der Waals surface area contributed by atoms with Crippen LogP contribution in [-0.2, 0) is 11.3 Å². The third kappa shape index (κ3) is 4.74. The van der Waals surface area contributed by atoms with E-state index >= 15 is 0 Å². The van der Waals surface area contributed by atoms with E-state index in [1.54, 1.807) is 0 Å². The molecule has 3 rings (SSSR count). The summed E-state index contributed by atoms with van der Waals surface area (Å²) in [6.45, 7) is 3.54. The van der Waals surface area contributed by atoms with Gasteiger partial charge in [-0.2, -0.15) is 0 Å². The molecule has 0 saturated carbocycles. The second-order valence-electron chi connectivity index (χ2n) is 6.90. The summed E-state index contributed by atoms with van der Waals surface area (Å²) in [6, 6.07) is 8.14. The highest BCUT2D eigenvalue weighted by molar-refractivity contribution is 5.83. The number of hydrogen-bond donors (Lipinski definition) is 2. The number of aromatic nitrogens is 1. The fourth-order valence-corrected chi connectivity index (χ4v) is 3.22. The summed E-state index contributed by atoms with van der Waals surface area (Å²) in [5, 5.41) is 4.23. The molecule has 0 aliphatic carbocycles. The number of fused-ring (bicyclic) bond motifs is 1. The molecule has 2 amide bonds. The number of benzene rings is 1. The molecule has 6 heteroatoms. The maximum absolute atomic E-state index is 12.7. The van der Waals surface area contributed by atoms with Crippen LogP contribution in [0.15, 0.2) is 30.5 Å². The number of likely N-dealkylation sites (N-methyl/N-ethyl adjacent to an activating group) is 1. The van der Waals surface area contributed by atoms with Gasteiger partial charge in [0.15, 0.2) is 0 Å². The molecule has 0 radical (unpaired) electrons. The summed E-state index contributed by atoms with van der Waals surface area (Å²) in [5.74, 6) is 0. The number of urea groups is 1. The van der Waals surface area contributed by atoms with Crippen molar-refractivity contribution in [1.82, 2.24) is 20.1 Å². The molecular formula is C19H28N4O2. The third-order valence-electron chi connectivity index (χ3n) is 4.67. The lowest BCUT2D eigenvalue weighted by molar-refractivity contribution is 0.0795. The van der Waals surface area contributed by atoms with E-state index in [9.17, 15) is 4.79 Å². The first-order chi connectivity index (χ1) is 12.1. The number of amides is 2. The Morgan fingerprint density at radius 1 is 1.32 bits per heavy atom. The molecule has 2 aromatic rings. The van der Waals surface area contributed by atoms with E-state index in [2.05, 4.69) is 21.3 Å². The van der Waals surface area contributed by atoms with Crippen molar-refractivity contribution in [3.63, 3.8) is 0 Å². The predicted octanol–water partition coefficient (Wildman–Crippen LogP) is 2.42. The Morgan fingerprint density at radius 2 is 2.20 bits per heavy atom. The average Bonchev–Trinajstić information content (AvgIpc) is 3.27. The first kappa shape index (κ1) is 17.8. The standard InChI is InChI=1S/C19H28N4O2/c1-22(2)10-11-23(14-16-6-4-12-25-16)19(24)21-13-15-5-3-7-18-17(15)8-9-20-18/h3,5,7-9,16,20H,4,6,10-14H2,1-2H3,(H,21,24). The van der Waals surface area contributed by atoms with Crippen LogP contribution in [0, 0.1) is 0 Å². The molecule has 1 fully saturated rings. The number of rotatable bonds is 7. The molecule has 0 spiro atoms. The molecule has 136 valence electrons. The summed E-state index contributed by atoms with van der Waals surface area (Å²) in [6.07, 6.45) is 4.22. The maximum atomic E-state index is 12.7. The van der Waals surface area contributed by atoms with Crippen LogP contribution >= 0.6 is 0 Å². The highest BCUT2D eigenvalue weighted by Gasteiger charge is 2.22. The van der Waals surface area contributed by atoms with Crippen LogP contribution in [0.3, 0.4) is 0 Å². The summed E-state index contributed by atoms with van der Waals surface area (Å²) in [7, 11) is 4.05. The van der Waals surface area contributed by atoms with E-state index in [0.717, 1.165) is 42.5 Å². The summed E-state index contributed by atoms with van der Waals surface area (Å²) in [5.41, 5.74) is 2.22. The average molecular weight is 344 g/mol. The Balaban J connectivity index is 1.61. The minimum atomic E-state index is -0.0233. The largest absolute Gasteiger partial charge is 0.376 e. The van der Waals surface area contributed by atoms with Gasteiger partial charge in [0.1, 0.15) is 0 Å². The number of carbonyl (C=O) groups is 1. The van der Waals surface area contributed by atoms with Crippen molar-refractivity contribution in [2.45, 2.75) is 25.5 Å². The summed E-state index contributed by atoms with van der Waals surface area (Å²) in [4.78, 5) is 19.9. The first-order valence-corrected chi connectivity index (χ1v) is 8.97. The summed E-state index contributed by atoms with van der Waals surface area (Å²) >= 11 is 0. The van der Waals surface area contributed by atoms with E-state index in [1.807, 2.05) is 43.4 Å². The second kappa shape index (κ2) is 8.36. The van der Waals surface area contributed by atoms with Gasteiger partial charge in [-0.25, -0.2) is 4.79 Å². The first-order valence-electron chi connectivity index (χ1n) is 8.97. The molecule has 1 aliphatic heterocycles. The number of carbonyl (C=O) groups excluding carboxylic acids is 1. The monoisotopic (exact) mass is 344 g/mol. The van der Waals surface area contributed by atoms with Crippen LogP contribution < -0.4 is 5.32 Å². The fourth-order valence-electron chi connectivity index (χ4n) is 3.22. The fraction of sp³-hybridized carbons (Fsp3) is 0.526. The quantitative estimate of drug-likeness (QED) is 0.811. The molecule has 1 aromatic carbocycles. The molecular weight excluding hydrogens is 316 g/mol. The molecule has 1 atom stereocenters. The smallest absolute Gasteiger partial charge is 0.317 e. The molecule has 0 bridgehead atoms. The van der Waals surface area contributed by atoms with Crippen molar-refractivity contribution in [3.8, 4) is 0 Å². The molecule has 1 aliphatic rings. The van der Waals surface area contributed by atoms with Crippen molar-refractivity contribution < 1.29 is 9.53 Å². The van der Waals surface area contributed by atoms with E-state index in [-0.39, 0.29) is 12.1 Å². The van der Waals surface area contributed by atoms with Gasteiger partial charge in [-0.1, -0.05) is 12.1 Å². The van der Waals surface area contributed by atoms with Crippen LogP contribution in [-0.4, -0.2) is 67.3 Å². The molecule has 1 unspecified atom stereocenters. The van der Waals surface area contributed by atoms with Gasteiger partial charge in [-0.05, 0) is 44.6 Å². The van der Waals surface area contributed by atoms with Gasteiger partial charge >= 0.3 is 6.03 Å². The van der Waals surface area contributed by atoms with Gasteiger partial charge in [0.25, 0.3) is 0 Å². The van der Waals surface area contributed by atoms with Gasteiger partial charge in [0.2, 0.25) is 0 Å². The van der Waals surface area contributed by atoms with Gasteiger partial charge in [0, 0.05) is 49.9 Å². The molecule has 6 nitrogen and oxygen atoms in total. The van der Waals surface area contributed by atoms with E-state index in [1.165, 1.54) is 0 Å². The number of H-pyrrole nitrogens is 1. The van der Waals surface area contributed by atoms with Crippen LogP contribution in [0.2, 0.25) is 0 Å². The Hall–Kier alpha value is -2.05. The van der Waals surface area contributed by atoms with Gasteiger partial charge in [0.05, 0.1) is 6.10 Å². The Labute approximate surface area is 149 Å². The van der Waals surface area contributed by atoms with Crippen molar-refractivity contribution in [2.75, 3.05) is 40.3 Å². The van der Waals surface area contributed by atoms with E-state index < -0.39 is 0 Å². The summed E-state index contributed by atoms with van der Waals surface area (Å²) < 4.78 is 5.71. The zero-order valence-corrected chi connectivity index (χ0v) is 15.1. The highest BCUT2D eigenvalue weighted by Crippen LogP contribution is 2.17. The molecule has 2 N–H and O–H groups in total. The van der Waals surface area contributed by atoms with Crippen molar-refractivity contribution >= 4 is 16.9 Å². The van der Waals surface area contributed by atoms with Crippen molar-refractivity contribution in [3.05, 3.63) is 36.0 Å². The van der Waals surface area contributed by atoms with Crippen LogP contribution in [0.4, 0.5) is 4.79 Å². The SMILES string of the molecule is CN(C)CCN(CC1CCCO1)C(=O)NCc1cccc2[nH]ccc12. The predicted molar refractivity (Wildman–Crippen MR) is 99.6 cm³/mol. The number of nitrogens with one attached hydrogen (secondary N) is 2. The van der Waals surface area contributed by atoms with Gasteiger partial charge in [-0.3, -0.25) is 0 Å². The number of hydrogen-bond acceptors (Lipinski definition) is 3. The Bertz CT molecular complexity index is 692. The maximum Gasteiger partial charge on any atom is 0.317 e. The normalized spacial score (nSPS) is 17.3. The Kier molecular flexibility index (Phi) is 5.94. The lowest BCUT2D eigenvalue weighted by atomic mass is 10.1. The zero-order valence-electron chi connectivity index (χ0n) is 15.1.